The summed E-state index contributed by atoms with van der Waals surface area (Å²) in [5, 5.41) is 8.17. The van der Waals surface area contributed by atoms with Crippen LogP contribution < -0.4 is 16.0 Å². The molecule has 0 fully saturated rings. The van der Waals surface area contributed by atoms with E-state index in [1.54, 1.807) is 24.3 Å². The molecule has 2 aromatic carbocycles. The zero-order valence-corrected chi connectivity index (χ0v) is 17.1. The van der Waals surface area contributed by atoms with Crippen molar-refractivity contribution in [3.63, 3.8) is 0 Å². The van der Waals surface area contributed by atoms with E-state index in [0.29, 0.717) is 17.8 Å². The van der Waals surface area contributed by atoms with Gasteiger partial charge in [-0.15, -0.1) is 0 Å². The van der Waals surface area contributed by atoms with Gasteiger partial charge in [0.15, 0.2) is 0 Å². The van der Waals surface area contributed by atoms with Gasteiger partial charge in [0.25, 0.3) is 5.91 Å². The molecule has 1 aliphatic rings. The lowest BCUT2D eigenvalue weighted by molar-refractivity contribution is -0.125. The van der Waals surface area contributed by atoms with Gasteiger partial charge in [-0.1, -0.05) is 30.7 Å². The molecule has 3 amide bonds. The predicted molar refractivity (Wildman–Crippen MR) is 118 cm³/mol. The summed E-state index contributed by atoms with van der Waals surface area (Å²) in [7, 11) is 0. The Morgan fingerprint density at radius 3 is 2.68 bits per heavy atom. The van der Waals surface area contributed by atoms with Crippen molar-refractivity contribution in [1.29, 1.82) is 0 Å². The van der Waals surface area contributed by atoms with Crippen LogP contribution in [0, 0.1) is 0 Å². The molecule has 1 unspecified atom stereocenters. The molecular formula is C23H25N5O3. The fraction of sp³-hybridized carbons (Fsp3) is 0.304. The van der Waals surface area contributed by atoms with Crippen molar-refractivity contribution in [2.75, 3.05) is 11.9 Å². The van der Waals surface area contributed by atoms with Gasteiger partial charge < -0.3 is 20.9 Å². The summed E-state index contributed by atoms with van der Waals surface area (Å²) in [5.41, 5.74) is 2.87. The van der Waals surface area contributed by atoms with Gasteiger partial charge in [0, 0.05) is 13.0 Å². The summed E-state index contributed by atoms with van der Waals surface area (Å²) in [6.07, 6.45) is 3.52. The van der Waals surface area contributed by atoms with E-state index in [9.17, 15) is 14.4 Å². The Morgan fingerprint density at radius 1 is 1.00 bits per heavy atom. The molecule has 0 bridgehead atoms. The van der Waals surface area contributed by atoms with E-state index in [1.807, 2.05) is 24.3 Å². The first-order chi connectivity index (χ1) is 15.1. The molecule has 0 aliphatic carbocycles. The normalized spacial score (nSPS) is 15.7. The van der Waals surface area contributed by atoms with Crippen molar-refractivity contribution in [2.24, 2.45) is 0 Å². The summed E-state index contributed by atoms with van der Waals surface area (Å²) in [4.78, 5) is 44.8. The molecule has 2 heterocycles. The Hall–Kier alpha value is -3.68. The smallest absolute Gasteiger partial charge is 0.254 e. The van der Waals surface area contributed by atoms with Crippen molar-refractivity contribution in [3.8, 4) is 0 Å². The topological polar surface area (TPSA) is 116 Å². The second-order valence-electron chi connectivity index (χ2n) is 7.63. The van der Waals surface area contributed by atoms with Crippen molar-refractivity contribution in [1.82, 2.24) is 20.6 Å². The van der Waals surface area contributed by atoms with E-state index in [4.69, 9.17) is 0 Å². The molecule has 0 spiro atoms. The molecule has 4 rings (SSSR count). The monoisotopic (exact) mass is 419 g/mol. The maximum absolute atomic E-state index is 12.4. The Balaban J connectivity index is 1.16. The van der Waals surface area contributed by atoms with Crippen LogP contribution in [-0.4, -0.2) is 40.3 Å². The Morgan fingerprint density at radius 2 is 1.81 bits per heavy atom. The third-order valence-electron chi connectivity index (χ3n) is 5.29. The van der Waals surface area contributed by atoms with E-state index in [0.717, 1.165) is 42.5 Å². The van der Waals surface area contributed by atoms with Crippen LogP contribution in [-0.2, 0) is 16.0 Å². The van der Waals surface area contributed by atoms with E-state index in [1.165, 1.54) is 0 Å². The van der Waals surface area contributed by atoms with Crippen LogP contribution in [0.15, 0.2) is 48.5 Å². The first kappa shape index (κ1) is 20.6. The number of carbonyl (C=O) groups is 3. The number of aryl methyl sites for hydroxylation is 1. The van der Waals surface area contributed by atoms with E-state index >= 15 is 0 Å². The number of aromatic nitrogens is 2. The molecule has 1 aromatic heterocycles. The lowest BCUT2D eigenvalue weighted by atomic mass is 10.1. The highest BCUT2D eigenvalue weighted by molar-refractivity contribution is 6.10. The number of amides is 3. The SMILES string of the molecule is O=C(CC1NC(=O)c2ccccc2NC1=O)NCCCCCc1nc2ccccc2[nH]1. The lowest BCUT2D eigenvalue weighted by Crippen LogP contribution is -2.44. The third kappa shape index (κ3) is 5.09. The number of imidazole rings is 1. The molecule has 8 heteroatoms. The Labute approximate surface area is 179 Å². The minimum absolute atomic E-state index is 0.0927. The van der Waals surface area contributed by atoms with Gasteiger partial charge in [-0.25, -0.2) is 4.98 Å². The van der Waals surface area contributed by atoms with Crippen LogP contribution >= 0.6 is 0 Å². The first-order valence-electron chi connectivity index (χ1n) is 10.5. The second-order valence-corrected chi connectivity index (χ2v) is 7.63. The van der Waals surface area contributed by atoms with Crippen LogP contribution in [0.4, 0.5) is 5.69 Å². The molecule has 31 heavy (non-hydrogen) atoms. The summed E-state index contributed by atoms with van der Waals surface area (Å²) in [6, 6.07) is 13.8. The fourth-order valence-corrected chi connectivity index (χ4v) is 3.66. The van der Waals surface area contributed by atoms with Gasteiger partial charge in [0.1, 0.15) is 11.9 Å². The Kier molecular flexibility index (Phi) is 6.26. The number of hydrogen-bond acceptors (Lipinski definition) is 4. The highest BCUT2D eigenvalue weighted by Gasteiger charge is 2.29. The maximum Gasteiger partial charge on any atom is 0.254 e. The molecular weight excluding hydrogens is 394 g/mol. The molecule has 160 valence electrons. The van der Waals surface area contributed by atoms with Crippen LogP contribution in [0.5, 0.6) is 0 Å². The standard InChI is InChI=1S/C23H25N5O3/c29-21(14-19-23(31)27-16-9-4-3-8-15(16)22(30)28-19)24-13-7-1-2-12-20-25-17-10-5-6-11-18(17)26-20/h3-6,8-11,19H,1-2,7,12-14H2,(H,24,29)(H,25,26)(H,27,31)(H,28,30). The molecule has 1 aliphatic heterocycles. The first-order valence-corrected chi connectivity index (χ1v) is 10.5. The number of aromatic amines is 1. The number of para-hydroxylation sites is 3. The highest BCUT2D eigenvalue weighted by atomic mass is 16.2. The van der Waals surface area contributed by atoms with E-state index < -0.39 is 6.04 Å². The van der Waals surface area contributed by atoms with Crippen molar-refractivity contribution >= 4 is 34.4 Å². The minimum Gasteiger partial charge on any atom is -0.356 e. The number of H-pyrrole nitrogens is 1. The Bertz CT molecular complexity index is 1070. The van der Waals surface area contributed by atoms with Gasteiger partial charge >= 0.3 is 0 Å². The average molecular weight is 419 g/mol. The number of rotatable bonds is 8. The second kappa shape index (κ2) is 9.42. The number of carbonyl (C=O) groups excluding carboxylic acids is 3. The third-order valence-corrected chi connectivity index (χ3v) is 5.29. The van der Waals surface area contributed by atoms with Gasteiger partial charge in [-0.3, -0.25) is 14.4 Å². The quantitative estimate of drug-likeness (QED) is 0.420. The summed E-state index contributed by atoms with van der Waals surface area (Å²) >= 11 is 0. The van der Waals surface area contributed by atoms with Crippen LogP contribution in [0.25, 0.3) is 11.0 Å². The largest absolute Gasteiger partial charge is 0.356 e. The number of anilines is 1. The van der Waals surface area contributed by atoms with Crippen molar-refractivity contribution in [3.05, 3.63) is 59.9 Å². The summed E-state index contributed by atoms with van der Waals surface area (Å²) in [5.74, 6) is -0.0401. The van der Waals surface area contributed by atoms with Crippen LogP contribution in [0.2, 0.25) is 0 Å². The number of benzene rings is 2. The predicted octanol–water partition coefficient (Wildman–Crippen LogP) is 2.53. The van der Waals surface area contributed by atoms with E-state index in [2.05, 4.69) is 25.9 Å². The molecule has 0 radical (unpaired) electrons. The highest BCUT2D eigenvalue weighted by Crippen LogP contribution is 2.18. The van der Waals surface area contributed by atoms with Crippen molar-refractivity contribution < 1.29 is 14.4 Å². The van der Waals surface area contributed by atoms with Crippen LogP contribution in [0.3, 0.4) is 0 Å². The van der Waals surface area contributed by atoms with Crippen LogP contribution in [0.1, 0.15) is 41.9 Å². The molecule has 1 atom stereocenters. The lowest BCUT2D eigenvalue weighted by Gasteiger charge is -2.14. The zero-order chi connectivity index (χ0) is 21.6. The van der Waals surface area contributed by atoms with Gasteiger partial charge in [0.2, 0.25) is 11.8 Å². The summed E-state index contributed by atoms with van der Waals surface area (Å²) < 4.78 is 0. The molecule has 4 N–H and O–H groups in total. The average Bonchev–Trinajstić information content (AvgIpc) is 3.14. The number of nitrogens with one attached hydrogen (secondary N) is 4. The van der Waals surface area contributed by atoms with Gasteiger partial charge in [0.05, 0.1) is 28.7 Å². The summed E-state index contributed by atoms with van der Waals surface area (Å²) in [6.45, 7) is 0.529. The minimum atomic E-state index is -0.895. The fourth-order valence-electron chi connectivity index (χ4n) is 3.66. The molecule has 8 nitrogen and oxygen atoms in total. The number of nitrogens with zero attached hydrogens (tertiary/aromatic N) is 1. The number of hydrogen-bond donors (Lipinski definition) is 4. The van der Waals surface area contributed by atoms with Crippen molar-refractivity contribution in [2.45, 2.75) is 38.1 Å². The molecule has 3 aromatic rings. The maximum atomic E-state index is 12.4. The molecule has 0 saturated heterocycles. The zero-order valence-electron chi connectivity index (χ0n) is 17.1. The number of unbranched alkanes of at least 4 members (excludes halogenated alkanes) is 2. The van der Waals surface area contributed by atoms with Gasteiger partial charge in [-0.2, -0.15) is 0 Å². The van der Waals surface area contributed by atoms with E-state index in [-0.39, 0.29) is 24.1 Å². The van der Waals surface area contributed by atoms with Gasteiger partial charge in [-0.05, 0) is 37.1 Å². The molecule has 0 saturated carbocycles. The number of fused-ring (bicyclic) bond motifs is 2.